The van der Waals surface area contributed by atoms with Gasteiger partial charge in [-0.3, -0.25) is 4.31 Å². The minimum absolute atomic E-state index is 0.356. The van der Waals surface area contributed by atoms with Gasteiger partial charge in [-0.15, -0.1) is 0 Å². The zero-order valence-corrected chi connectivity index (χ0v) is 14.5. The summed E-state index contributed by atoms with van der Waals surface area (Å²) in [5.41, 5.74) is 3.03. The summed E-state index contributed by atoms with van der Waals surface area (Å²) in [5.74, 6) is 0.465. The van der Waals surface area contributed by atoms with Gasteiger partial charge in [-0.1, -0.05) is 62.4 Å². The van der Waals surface area contributed by atoms with Crippen molar-refractivity contribution in [1.82, 2.24) is 0 Å². The van der Waals surface area contributed by atoms with E-state index in [1.54, 1.807) is 12.1 Å². The lowest BCUT2D eigenvalue weighted by molar-refractivity contribution is 0.593. The molecule has 1 heterocycles. The average Bonchev–Trinajstić information content (AvgIpc) is 2.79. The fraction of sp³-hybridized carbons (Fsp3) is 0.200. The molecule has 0 unspecified atom stereocenters. The van der Waals surface area contributed by atoms with Crippen LogP contribution < -0.4 is 4.31 Å². The van der Waals surface area contributed by atoms with Gasteiger partial charge in [-0.25, -0.2) is 8.42 Å². The van der Waals surface area contributed by atoms with Gasteiger partial charge in [0.2, 0.25) is 0 Å². The summed E-state index contributed by atoms with van der Waals surface area (Å²) in [7, 11) is -3.49. The van der Waals surface area contributed by atoms with Gasteiger partial charge in [-0.2, -0.15) is 0 Å². The zero-order valence-electron chi connectivity index (χ0n) is 13.7. The van der Waals surface area contributed by atoms with Crippen LogP contribution in [0.1, 0.15) is 30.9 Å². The topological polar surface area (TPSA) is 37.4 Å². The zero-order chi connectivity index (χ0) is 16.9. The Kier molecular flexibility index (Phi) is 3.39. The Balaban J connectivity index is 1.78. The predicted octanol–water partition coefficient (Wildman–Crippen LogP) is 4.67. The van der Waals surface area contributed by atoms with E-state index >= 15 is 0 Å². The van der Waals surface area contributed by atoms with E-state index in [1.807, 2.05) is 36.4 Å². The van der Waals surface area contributed by atoms with E-state index in [9.17, 15) is 8.42 Å². The molecule has 0 spiro atoms. The summed E-state index contributed by atoms with van der Waals surface area (Å²) < 4.78 is 27.5. The minimum Gasteiger partial charge on any atom is -0.261 e. The molecule has 0 aliphatic carbocycles. The molecular formula is C20H19NO2S. The van der Waals surface area contributed by atoms with Gasteiger partial charge >= 0.3 is 0 Å². The number of nitrogens with zero attached hydrogens (tertiary/aromatic N) is 1. The van der Waals surface area contributed by atoms with Crippen LogP contribution >= 0.6 is 0 Å². The molecule has 0 bridgehead atoms. The van der Waals surface area contributed by atoms with Gasteiger partial charge < -0.3 is 0 Å². The summed E-state index contributed by atoms with van der Waals surface area (Å²) in [4.78, 5) is 0.411. The molecule has 0 N–H and O–H groups in total. The first-order valence-corrected chi connectivity index (χ1v) is 9.56. The lowest BCUT2D eigenvalue weighted by atomic mass is 10.0. The van der Waals surface area contributed by atoms with Crippen molar-refractivity contribution in [3.05, 3.63) is 71.8 Å². The lowest BCUT2D eigenvalue weighted by Crippen LogP contribution is -2.26. The number of rotatable bonds is 3. The van der Waals surface area contributed by atoms with Gasteiger partial charge in [0.05, 0.1) is 17.1 Å². The first kappa shape index (κ1) is 15.2. The first-order chi connectivity index (χ1) is 11.5. The molecule has 122 valence electrons. The van der Waals surface area contributed by atoms with Gasteiger partial charge in [0, 0.05) is 5.39 Å². The summed E-state index contributed by atoms with van der Waals surface area (Å²) in [6, 6.07) is 19.4. The number of anilines is 1. The van der Waals surface area contributed by atoms with Gasteiger partial charge in [-0.05, 0) is 34.6 Å². The number of hydrogen-bond donors (Lipinski definition) is 0. The molecule has 3 nitrogen and oxygen atoms in total. The van der Waals surface area contributed by atoms with Crippen molar-refractivity contribution in [1.29, 1.82) is 0 Å². The summed E-state index contributed by atoms with van der Waals surface area (Å²) >= 11 is 0. The lowest BCUT2D eigenvalue weighted by Gasteiger charge is -2.19. The van der Waals surface area contributed by atoms with Crippen molar-refractivity contribution < 1.29 is 8.42 Å². The van der Waals surface area contributed by atoms with E-state index in [0.717, 1.165) is 22.0 Å². The van der Waals surface area contributed by atoms with Crippen LogP contribution in [0.3, 0.4) is 0 Å². The predicted molar refractivity (Wildman–Crippen MR) is 97.8 cm³/mol. The molecule has 0 atom stereocenters. The van der Waals surface area contributed by atoms with Crippen LogP contribution in [0.15, 0.2) is 65.6 Å². The maximum absolute atomic E-state index is 13.0. The maximum atomic E-state index is 13.0. The molecule has 1 aliphatic rings. The third kappa shape index (κ3) is 2.21. The Hall–Kier alpha value is -2.33. The van der Waals surface area contributed by atoms with E-state index < -0.39 is 10.0 Å². The molecule has 3 aromatic carbocycles. The normalized spacial score (nSPS) is 15.4. The van der Waals surface area contributed by atoms with Crippen LogP contribution in [0.25, 0.3) is 10.8 Å². The standard InChI is InChI=1S/C20H19NO2S/c1-14(2)16-11-9-15(10-12-16)13-21-18-7-3-5-17-6-4-8-19(20(17)18)24(21,22)23/h3-12,14H,13H2,1-2H3. The molecule has 0 amide bonds. The Bertz CT molecular complexity index is 1020. The highest BCUT2D eigenvalue weighted by atomic mass is 32.2. The van der Waals surface area contributed by atoms with Crippen LogP contribution in [0, 0.1) is 0 Å². The SMILES string of the molecule is CC(C)c1ccc(CN2c3cccc4cccc(c34)S2(=O)=O)cc1. The van der Waals surface area contributed by atoms with E-state index in [-0.39, 0.29) is 0 Å². The Morgan fingerprint density at radius 1 is 0.917 bits per heavy atom. The van der Waals surface area contributed by atoms with E-state index in [1.165, 1.54) is 9.87 Å². The second kappa shape index (κ2) is 5.35. The maximum Gasteiger partial charge on any atom is 0.265 e. The van der Waals surface area contributed by atoms with E-state index in [2.05, 4.69) is 26.0 Å². The summed E-state index contributed by atoms with van der Waals surface area (Å²) in [5, 5.41) is 1.80. The fourth-order valence-electron chi connectivity index (χ4n) is 3.30. The van der Waals surface area contributed by atoms with Crippen LogP contribution in [-0.4, -0.2) is 8.42 Å². The smallest absolute Gasteiger partial charge is 0.261 e. The summed E-state index contributed by atoms with van der Waals surface area (Å²) in [6.45, 7) is 4.66. The molecule has 0 radical (unpaired) electrons. The molecule has 4 rings (SSSR count). The van der Waals surface area contributed by atoms with Crippen molar-refractivity contribution in [2.45, 2.75) is 31.2 Å². The van der Waals surface area contributed by atoms with Gasteiger partial charge in [0.1, 0.15) is 0 Å². The molecule has 0 fully saturated rings. The highest BCUT2D eigenvalue weighted by Crippen LogP contribution is 2.42. The first-order valence-electron chi connectivity index (χ1n) is 8.12. The highest BCUT2D eigenvalue weighted by Gasteiger charge is 2.35. The molecule has 0 saturated heterocycles. The van der Waals surface area contributed by atoms with Gasteiger partial charge in [0.25, 0.3) is 10.0 Å². The molecular weight excluding hydrogens is 318 g/mol. The number of sulfonamides is 1. The highest BCUT2D eigenvalue weighted by molar-refractivity contribution is 7.93. The van der Waals surface area contributed by atoms with Crippen molar-refractivity contribution in [2.24, 2.45) is 0 Å². The average molecular weight is 337 g/mol. The van der Waals surface area contributed by atoms with Crippen molar-refractivity contribution in [2.75, 3.05) is 4.31 Å². The minimum atomic E-state index is -3.49. The Labute approximate surface area is 142 Å². The van der Waals surface area contributed by atoms with Crippen LogP contribution in [0.2, 0.25) is 0 Å². The Morgan fingerprint density at radius 3 is 2.25 bits per heavy atom. The van der Waals surface area contributed by atoms with Crippen molar-refractivity contribution in [3.8, 4) is 0 Å². The number of benzene rings is 3. The third-order valence-electron chi connectivity index (χ3n) is 4.65. The second-order valence-corrected chi connectivity index (χ2v) is 8.37. The molecule has 4 heteroatoms. The molecule has 0 saturated carbocycles. The largest absolute Gasteiger partial charge is 0.265 e. The quantitative estimate of drug-likeness (QED) is 0.696. The molecule has 1 aliphatic heterocycles. The third-order valence-corrected chi connectivity index (χ3v) is 6.46. The van der Waals surface area contributed by atoms with Crippen molar-refractivity contribution in [3.63, 3.8) is 0 Å². The van der Waals surface area contributed by atoms with Crippen LogP contribution in [-0.2, 0) is 16.6 Å². The second-order valence-electron chi connectivity index (χ2n) is 6.54. The van der Waals surface area contributed by atoms with Crippen molar-refractivity contribution >= 4 is 26.5 Å². The monoisotopic (exact) mass is 337 g/mol. The molecule has 3 aromatic rings. The summed E-state index contributed by atoms with van der Waals surface area (Å²) in [6.07, 6.45) is 0. The number of hydrogen-bond acceptors (Lipinski definition) is 2. The Morgan fingerprint density at radius 2 is 1.58 bits per heavy atom. The van der Waals surface area contributed by atoms with Crippen LogP contribution in [0.5, 0.6) is 0 Å². The molecule has 24 heavy (non-hydrogen) atoms. The van der Waals surface area contributed by atoms with E-state index in [4.69, 9.17) is 0 Å². The van der Waals surface area contributed by atoms with E-state index in [0.29, 0.717) is 17.4 Å². The fourth-order valence-corrected chi connectivity index (χ4v) is 5.00. The van der Waals surface area contributed by atoms with Gasteiger partial charge in [0.15, 0.2) is 0 Å². The van der Waals surface area contributed by atoms with Crippen LogP contribution in [0.4, 0.5) is 5.69 Å². The molecule has 0 aromatic heterocycles.